The Labute approximate surface area is 187 Å². The molecule has 0 bridgehead atoms. The van der Waals surface area contributed by atoms with Crippen molar-refractivity contribution >= 4 is 17.4 Å². The lowest BCUT2D eigenvalue weighted by Crippen LogP contribution is -2.48. The number of hydrogen-bond acceptors (Lipinski definition) is 5. The van der Waals surface area contributed by atoms with Crippen molar-refractivity contribution in [2.45, 2.75) is 13.0 Å². The molecule has 1 atom stereocenters. The third-order valence-corrected chi connectivity index (χ3v) is 6.07. The fraction of sp³-hybridized carbons (Fsp3) is 0.333. The van der Waals surface area contributed by atoms with Gasteiger partial charge in [0, 0.05) is 49.6 Å². The molecule has 1 saturated heterocycles. The third kappa shape index (κ3) is 4.96. The molecule has 2 aromatic rings. The molecule has 0 radical (unpaired) electrons. The summed E-state index contributed by atoms with van der Waals surface area (Å²) in [5.74, 6) is 3.06. The summed E-state index contributed by atoms with van der Waals surface area (Å²) in [6, 6.07) is 9.91. The summed E-state index contributed by atoms with van der Waals surface area (Å²) < 4.78 is 13.6. The van der Waals surface area contributed by atoms with Crippen LogP contribution < -0.4 is 5.32 Å². The van der Waals surface area contributed by atoms with Crippen LogP contribution in [0.2, 0.25) is 5.02 Å². The average molecular weight is 438 g/mol. The number of amidine groups is 1. The monoisotopic (exact) mass is 437 g/mol. The van der Waals surface area contributed by atoms with E-state index in [9.17, 15) is 4.39 Å². The van der Waals surface area contributed by atoms with Gasteiger partial charge < -0.3 is 5.32 Å². The van der Waals surface area contributed by atoms with Gasteiger partial charge in [-0.3, -0.25) is 19.8 Å². The van der Waals surface area contributed by atoms with Crippen LogP contribution in [0.25, 0.3) is 0 Å². The van der Waals surface area contributed by atoms with Gasteiger partial charge in [-0.15, -0.1) is 6.42 Å². The topological polar surface area (TPSA) is 43.8 Å². The molecule has 2 aliphatic heterocycles. The molecule has 0 spiro atoms. The summed E-state index contributed by atoms with van der Waals surface area (Å²) in [6.07, 6.45) is 7.19. The summed E-state index contributed by atoms with van der Waals surface area (Å²) in [6.45, 7) is 7.29. The maximum Gasteiger partial charge on any atom is 0.152 e. The lowest BCUT2D eigenvalue weighted by molar-refractivity contribution is 0.151. The second-order valence-electron chi connectivity index (χ2n) is 7.80. The zero-order valence-electron chi connectivity index (χ0n) is 17.5. The molecule has 4 rings (SSSR count). The number of hydrogen-bond donors (Lipinski definition) is 1. The number of nitrogens with zero attached hydrogens (tertiary/aromatic N) is 4. The molecule has 2 aliphatic rings. The summed E-state index contributed by atoms with van der Waals surface area (Å²) >= 11 is 6.41. The molecular formula is C24H25ClFN5. The SMILES string of the molecule is C#CCN1CCN(CC2=C(C)C(c3ccc(F)cc3Cl)N=C(c3ccccn3)N2)CC1. The van der Waals surface area contributed by atoms with E-state index in [2.05, 4.69) is 32.9 Å². The largest absolute Gasteiger partial charge is 0.341 e. The number of piperazine rings is 1. The van der Waals surface area contributed by atoms with Crippen LogP contribution in [0.3, 0.4) is 0 Å². The normalized spacial score (nSPS) is 20.2. The number of aromatic nitrogens is 1. The van der Waals surface area contributed by atoms with Crippen LogP contribution in [0.4, 0.5) is 4.39 Å². The molecule has 31 heavy (non-hydrogen) atoms. The lowest BCUT2D eigenvalue weighted by Gasteiger charge is -2.36. The van der Waals surface area contributed by atoms with Gasteiger partial charge in [0.1, 0.15) is 17.6 Å². The maximum absolute atomic E-state index is 13.6. The highest BCUT2D eigenvalue weighted by atomic mass is 35.5. The van der Waals surface area contributed by atoms with Gasteiger partial charge >= 0.3 is 0 Å². The molecule has 1 aromatic carbocycles. The van der Waals surface area contributed by atoms with Crippen molar-refractivity contribution < 1.29 is 4.39 Å². The highest BCUT2D eigenvalue weighted by Gasteiger charge is 2.27. The van der Waals surface area contributed by atoms with Gasteiger partial charge in [0.2, 0.25) is 0 Å². The summed E-state index contributed by atoms with van der Waals surface area (Å²) in [7, 11) is 0. The molecule has 1 unspecified atom stereocenters. The van der Waals surface area contributed by atoms with Crippen molar-refractivity contribution in [3.05, 3.63) is 76.0 Å². The average Bonchev–Trinajstić information content (AvgIpc) is 2.78. The number of aliphatic imine (C=N–C) groups is 1. The van der Waals surface area contributed by atoms with Crippen LogP contribution >= 0.6 is 11.6 Å². The second-order valence-corrected chi connectivity index (χ2v) is 8.21. The fourth-order valence-corrected chi connectivity index (χ4v) is 4.22. The number of nitrogens with one attached hydrogen (secondary N) is 1. The number of terminal acetylenes is 1. The van der Waals surface area contributed by atoms with E-state index in [1.54, 1.807) is 12.3 Å². The van der Waals surface area contributed by atoms with Gasteiger partial charge in [-0.1, -0.05) is 29.7 Å². The highest BCUT2D eigenvalue weighted by Crippen LogP contribution is 2.35. The Kier molecular flexibility index (Phi) is 6.67. The van der Waals surface area contributed by atoms with Crippen LogP contribution in [-0.4, -0.2) is 59.9 Å². The Balaban J connectivity index is 1.63. The van der Waals surface area contributed by atoms with Crippen molar-refractivity contribution in [1.82, 2.24) is 20.1 Å². The number of rotatable bonds is 5. The number of benzene rings is 1. The molecule has 1 aromatic heterocycles. The minimum Gasteiger partial charge on any atom is -0.341 e. The molecule has 0 amide bonds. The minimum atomic E-state index is -0.358. The van der Waals surface area contributed by atoms with E-state index >= 15 is 0 Å². The van der Waals surface area contributed by atoms with Crippen LogP contribution in [-0.2, 0) is 0 Å². The molecule has 0 aliphatic carbocycles. The Hall–Kier alpha value is -2.72. The van der Waals surface area contributed by atoms with Gasteiger partial charge in [0.25, 0.3) is 0 Å². The van der Waals surface area contributed by atoms with Crippen molar-refractivity contribution in [2.24, 2.45) is 4.99 Å². The quantitative estimate of drug-likeness (QED) is 0.727. The number of halogens is 2. The Bertz CT molecular complexity index is 1040. The van der Waals surface area contributed by atoms with E-state index in [4.69, 9.17) is 23.0 Å². The Morgan fingerprint density at radius 2 is 1.97 bits per heavy atom. The van der Waals surface area contributed by atoms with E-state index in [0.717, 1.165) is 55.3 Å². The van der Waals surface area contributed by atoms with Gasteiger partial charge in [-0.05, 0) is 42.3 Å². The molecule has 0 saturated carbocycles. The second kappa shape index (κ2) is 9.61. The molecule has 1 fully saturated rings. The zero-order chi connectivity index (χ0) is 21.8. The van der Waals surface area contributed by atoms with Crippen molar-refractivity contribution in [3.8, 4) is 12.3 Å². The van der Waals surface area contributed by atoms with E-state index in [1.165, 1.54) is 12.1 Å². The molecule has 1 N–H and O–H groups in total. The van der Waals surface area contributed by atoms with Gasteiger partial charge in [0.15, 0.2) is 5.84 Å². The predicted octanol–water partition coefficient (Wildman–Crippen LogP) is 3.49. The molecule has 5 nitrogen and oxygen atoms in total. The minimum absolute atomic E-state index is 0.302. The summed E-state index contributed by atoms with van der Waals surface area (Å²) in [5.41, 5.74) is 3.69. The molecule has 3 heterocycles. The van der Waals surface area contributed by atoms with E-state index < -0.39 is 0 Å². The van der Waals surface area contributed by atoms with Crippen LogP contribution in [0.15, 0.2) is 58.9 Å². The first-order valence-corrected chi connectivity index (χ1v) is 10.7. The fourth-order valence-electron chi connectivity index (χ4n) is 3.95. The first-order chi connectivity index (χ1) is 15.0. The zero-order valence-corrected chi connectivity index (χ0v) is 18.2. The van der Waals surface area contributed by atoms with Gasteiger partial charge in [-0.25, -0.2) is 4.39 Å². The predicted molar refractivity (Wildman–Crippen MR) is 122 cm³/mol. The standard InChI is InChI=1S/C24H25ClFN5/c1-3-10-30-11-13-31(14-12-30)16-22-17(2)23(19-8-7-18(26)15-20(19)25)29-24(28-22)21-6-4-5-9-27-21/h1,4-9,15,23H,10-14,16H2,2H3,(H,28,29). The first-order valence-electron chi connectivity index (χ1n) is 10.3. The van der Waals surface area contributed by atoms with Gasteiger partial charge in [0.05, 0.1) is 6.54 Å². The molecular weight excluding hydrogens is 413 g/mol. The first kappa shape index (κ1) is 21.5. The van der Waals surface area contributed by atoms with E-state index in [1.807, 2.05) is 18.2 Å². The molecule has 7 heteroatoms. The smallest absolute Gasteiger partial charge is 0.152 e. The van der Waals surface area contributed by atoms with Crippen LogP contribution in [0.1, 0.15) is 24.2 Å². The van der Waals surface area contributed by atoms with Crippen LogP contribution in [0.5, 0.6) is 0 Å². The molecule has 160 valence electrons. The van der Waals surface area contributed by atoms with Gasteiger partial charge in [-0.2, -0.15) is 0 Å². The maximum atomic E-state index is 13.6. The third-order valence-electron chi connectivity index (χ3n) is 5.74. The number of pyridine rings is 1. The Morgan fingerprint density at radius 3 is 2.65 bits per heavy atom. The van der Waals surface area contributed by atoms with Crippen LogP contribution in [0, 0.1) is 18.2 Å². The van der Waals surface area contributed by atoms with E-state index in [0.29, 0.717) is 17.4 Å². The van der Waals surface area contributed by atoms with Crippen molar-refractivity contribution in [3.63, 3.8) is 0 Å². The summed E-state index contributed by atoms with van der Waals surface area (Å²) in [5, 5.41) is 3.87. The Morgan fingerprint density at radius 1 is 1.19 bits per heavy atom. The van der Waals surface area contributed by atoms with Crippen molar-refractivity contribution in [2.75, 3.05) is 39.3 Å². The van der Waals surface area contributed by atoms with Crippen molar-refractivity contribution in [1.29, 1.82) is 0 Å². The van der Waals surface area contributed by atoms with E-state index in [-0.39, 0.29) is 11.9 Å². The summed E-state index contributed by atoms with van der Waals surface area (Å²) in [4.78, 5) is 14.1. The highest BCUT2D eigenvalue weighted by molar-refractivity contribution is 6.31. The lowest BCUT2D eigenvalue weighted by atomic mass is 9.96.